The Kier molecular flexibility index (Phi) is 6.29. The predicted octanol–water partition coefficient (Wildman–Crippen LogP) is 4.42. The van der Waals surface area contributed by atoms with Crippen molar-refractivity contribution in [3.63, 3.8) is 0 Å². The van der Waals surface area contributed by atoms with Crippen LogP contribution in [0, 0.1) is 0 Å². The molecule has 1 fully saturated rings. The fraction of sp³-hybridized carbons (Fsp3) is 0.350. The van der Waals surface area contributed by atoms with Crippen molar-refractivity contribution in [3.8, 4) is 0 Å². The normalized spacial score (nSPS) is 15.2. The Labute approximate surface area is 160 Å². The lowest BCUT2D eigenvalue weighted by Crippen LogP contribution is -2.49. The van der Waals surface area contributed by atoms with Gasteiger partial charge in [0, 0.05) is 43.4 Å². The van der Waals surface area contributed by atoms with Gasteiger partial charge in [-0.2, -0.15) is 0 Å². The largest absolute Gasteiger partial charge is 0.346 e. The van der Waals surface area contributed by atoms with Crippen molar-refractivity contribution < 1.29 is 0 Å². The van der Waals surface area contributed by atoms with Gasteiger partial charge in [-0.1, -0.05) is 48.9 Å². The van der Waals surface area contributed by atoms with Crippen LogP contribution >= 0.6 is 23.8 Å². The number of aryl methyl sites for hydroxylation is 1. The average Bonchev–Trinajstić information content (AvgIpc) is 2.64. The van der Waals surface area contributed by atoms with E-state index in [-0.39, 0.29) is 0 Å². The summed E-state index contributed by atoms with van der Waals surface area (Å²) in [5, 5.41) is 5.04. The van der Waals surface area contributed by atoms with E-state index < -0.39 is 0 Å². The summed E-state index contributed by atoms with van der Waals surface area (Å²) in [4.78, 5) is 4.72. The minimum atomic E-state index is 0.789. The van der Waals surface area contributed by atoms with Gasteiger partial charge in [0.05, 0.1) is 0 Å². The van der Waals surface area contributed by atoms with Gasteiger partial charge in [-0.05, 0) is 48.0 Å². The van der Waals surface area contributed by atoms with Crippen molar-refractivity contribution >= 4 is 34.6 Å². The number of nitrogens with zero attached hydrogens (tertiary/aromatic N) is 2. The van der Waals surface area contributed by atoms with Crippen molar-refractivity contribution in [3.05, 3.63) is 64.7 Å². The average molecular weight is 374 g/mol. The van der Waals surface area contributed by atoms with Crippen LogP contribution in [0.1, 0.15) is 18.1 Å². The van der Waals surface area contributed by atoms with Crippen LogP contribution in [0.25, 0.3) is 0 Å². The van der Waals surface area contributed by atoms with Gasteiger partial charge in [-0.3, -0.25) is 4.90 Å². The number of rotatable bonds is 4. The number of thiocarbonyl (C=S) groups is 1. The van der Waals surface area contributed by atoms with Crippen LogP contribution in [-0.2, 0) is 13.0 Å². The summed E-state index contributed by atoms with van der Waals surface area (Å²) in [7, 11) is 0. The Morgan fingerprint density at radius 1 is 1.04 bits per heavy atom. The molecule has 0 atom stereocenters. The van der Waals surface area contributed by atoms with Crippen molar-refractivity contribution in [1.82, 2.24) is 9.80 Å². The fourth-order valence-electron chi connectivity index (χ4n) is 3.10. The van der Waals surface area contributed by atoms with E-state index in [4.69, 9.17) is 23.8 Å². The number of piperazine rings is 1. The van der Waals surface area contributed by atoms with Crippen molar-refractivity contribution in [1.29, 1.82) is 0 Å². The summed E-state index contributed by atoms with van der Waals surface area (Å²) in [6.45, 7) is 7.06. The highest BCUT2D eigenvalue weighted by atomic mass is 35.5. The zero-order chi connectivity index (χ0) is 17.6. The summed E-state index contributed by atoms with van der Waals surface area (Å²) < 4.78 is 0. The first-order valence-corrected chi connectivity index (χ1v) is 9.55. The number of hydrogen-bond donors (Lipinski definition) is 1. The molecule has 25 heavy (non-hydrogen) atoms. The fourth-order valence-corrected chi connectivity index (χ4v) is 3.52. The number of anilines is 1. The van der Waals surface area contributed by atoms with E-state index in [1.54, 1.807) is 0 Å². The number of nitrogens with one attached hydrogen (secondary N) is 1. The molecule has 0 aliphatic carbocycles. The molecule has 0 spiro atoms. The van der Waals surface area contributed by atoms with Crippen LogP contribution < -0.4 is 5.32 Å². The van der Waals surface area contributed by atoms with Gasteiger partial charge in [0.1, 0.15) is 0 Å². The first-order chi connectivity index (χ1) is 12.2. The summed E-state index contributed by atoms with van der Waals surface area (Å²) in [6.07, 6.45) is 1.00. The molecule has 3 nitrogen and oxygen atoms in total. The molecule has 0 unspecified atom stereocenters. The molecule has 1 aliphatic rings. The lowest BCUT2D eigenvalue weighted by molar-refractivity contribution is 0.177. The van der Waals surface area contributed by atoms with E-state index in [9.17, 15) is 0 Å². The van der Waals surface area contributed by atoms with Gasteiger partial charge in [0.2, 0.25) is 0 Å². The van der Waals surface area contributed by atoms with Gasteiger partial charge in [0.25, 0.3) is 0 Å². The molecule has 132 valence electrons. The topological polar surface area (TPSA) is 18.5 Å². The lowest BCUT2D eigenvalue weighted by atomic mass is 10.1. The van der Waals surface area contributed by atoms with Gasteiger partial charge < -0.3 is 10.2 Å². The Hall–Kier alpha value is -1.62. The van der Waals surface area contributed by atoms with Crippen LogP contribution in [0.2, 0.25) is 5.02 Å². The first-order valence-electron chi connectivity index (χ1n) is 8.76. The van der Waals surface area contributed by atoms with Crippen molar-refractivity contribution in [2.75, 3.05) is 31.5 Å². The molecule has 1 saturated heterocycles. The van der Waals surface area contributed by atoms with E-state index in [0.717, 1.165) is 55.0 Å². The Balaban J connectivity index is 1.51. The molecule has 5 heteroatoms. The minimum absolute atomic E-state index is 0.789. The third-order valence-corrected chi connectivity index (χ3v) is 5.23. The second-order valence-corrected chi connectivity index (χ2v) is 7.15. The van der Waals surface area contributed by atoms with Crippen LogP contribution in [0.4, 0.5) is 5.69 Å². The SMILES string of the molecule is CCc1ccccc1NC(=S)N1CCN(Cc2ccc(Cl)cc2)CC1. The van der Waals surface area contributed by atoms with Crippen molar-refractivity contribution in [2.45, 2.75) is 19.9 Å². The standard InChI is InChI=1S/C20H24ClN3S/c1-2-17-5-3-4-6-19(17)22-20(25)24-13-11-23(12-14-24)15-16-7-9-18(21)10-8-16/h3-10H,2,11-15H2,1H3,(H,22,25). The highest BCUT2D eigenvalue weighted by molar-refractivity contribution is 7.80. The minimum Gasteiger partial charge on any atom is -0.346 e. The summed E-state index contributed by atoms with van der Waals surface area (Å²) in [6, 6.07) is 16.5. The monoisotopic (exact) mass is 373 g/mol. The lowest BCUT2D eigenvalue weighted by Gasteiger charge is -2.36. The molecule has 1 N–H and O–H groups in total. The quantitative estimate of drug-likeness (QED) is 0.799. The van der Waals surface area contributed by atoms with Crippen LogP contribution in [0.5, 0.6) is 0 Å². The van der Waals surface area contributed by atoms with Gasteiger partial charge in [0.15, 0.2) is 5.11 Å². The van der Waals surface area contributed by atoms with Crippen LogP contribution in [0.15, 0.2) is 48.5 Å². The summed E-state index contributed by atoms with van der Waals surface area (Å²) in [5.74, 6) is 0. The summed E-state index contributed by atoms with van der Waals surface area (Å²) in [5.41, 5.74) is 3.72. The number of para-hydroxylation sites is 1. The molecule has 0 radical (unpaired) electrons. The maximum absolute atomic E-state index is 5.95. The predicted molar refractivity (Wildman–Crippen MR) is 110 cm³/mol. The smallest absolute Gasteiger partial charge is 0.173 e. The van der Waals surface area contributed by atoms with E-state index in [0.29, 0.717) is 0 Å². The molecule has 0 bridgehead atoms. The second-order valence-electron chi connectivity index (χ2n) is 6.33. The van der Waals surface area contributed by atoms with Gasteiger partial charge in [-0.15, -0.1) is 0 Å². The van der Waals surface area contributed by atoms with E-state index >= 15 is 0 Å². The molecular weight excluding hydrogens is 350 g/mol. The second kappa shape index (κ2) is 8.65. The molecule has 2 aromatic rings. The van der Waals surface area contributed by atoms with Crippen LogP contribution in [-0.4, -0.2) is 41.1 Å². The van der Waals surface area contributed by atoms with Crippen molar-refractivity contribution in [2.24, 2.45) is 0 Å². The van der Waals surface area contributed by atoms with Crippen LogP contribution in [0.3, 0.4) is 0 Å². The first kappa shape index (κ1) is 18.2. The zero-order valence-corrected chi connectivity index (χ0v) is 16.1. The third-order valence-electron chi connectivity index (χ3n) is 4.62. The molecule has 2 aromatic carbocycles. The maximum Gasteiger partial charge on any atom is 0.173 e. The molecule has 1 aliphatic heterocycles. The molecule has 1 heterocycles. The third kappa shape index (κ3) is 4.94. The molecule has 3 rings (SSSR count). The number of hydrogen-bond acceptors (Lipinski definition) is 2. The highest BCUT2D eigenvalue weighted by Crippen LogP contribution is 2.17. The molecular formula is C20H24ClN3S. The Morgan fingerprint density at radius 2 is 1.72 bits per heavy atom. The van der Waals surface area contributed by atoms with E-state index in [1.165, 1.54) is 11.1 Å². The van der Waals surface area contributed by atoms with Gasteiger partial charge >= 0.3 is 0 Å². The molecule has 0 aromatic heterocycles. The molecule has 0 amide bonds. The van der Waals surface area contributed by atoms with Gasteiger partial charge in [-0.25, -0.2) is 0 Å². The van der Waals surface area contributed by atoms with E-state index in [2.05, 4.69) is 52.4 Å². The molecule has 0 saturated carbocycles. The number of halogens is 1. The highest BCUT2D eigenvalue weighted by Gasteiger charge is 2.19. The van der Waals surface area contributed by atoms with E-state index in [1.807, 2.05) is 18.2 Å². The number of benzene rings is 2. The Morgan fingerprint density at radius 3 is 2.40 bits per heavy atom. The zero-order valence-electron chi connectivity index (χ0n) is 14.5. The Bertz CT molecular complexity index is 709. The maximum atomic E-state index is 5.95. The summed E-state index contributed by atoms with van der Waals surface area (Å²) >= 11 is 11.6.